The van der Waals surface area contributed by atoms with E-state index in [9.17, 15) is 15.3 Å². The minimum atomic E-state index is -0.983. The molecule has 20 heavy (non-hydrogen) atoms. The van der Waals surface area contributed by atoms with Gasteiger partial charge < -0.3 is 15.3 Å². The minimum absolute atomic E-state index is 0.259. The molecule has 3 nitrogen and oxygen atoms in total. The molecule has 0 aliphatic rings. The summed E-state index contributed by atoms with van der Waals surface area (Å²) in [6.45, 7) is -0.850. The van der Waals surface area contributed by atoms with Gasteiger partial charge >= 0.3 is 0 Å². The second-order valence-electron chi connectivity index (χ2n) is 5.09. The van der Waals surface area contributed by atoms with E-state index in [1.807, 2.05) is 60.7 Å². The lowest BCUT2D eigenvalue weighted by molar-refractivity contribution is -0.00643. The summed E-state index contributed by atoms with van der Waals surface area (Å²) in [5, 5.41) is 29.2. The monoisotopic (exact) mass is 272 g/mol. The fraction of sp³-hybridized carbons (Fsp3) is 0.294. The molecule has 0 heterocycles. The maximum atomic E-state index is 9.75. The highest BCUT2D eigenvalue weighted by Crippen LogP contribution is 2.40. The van der Waals surface area contributed by atoms with Gasteiger partial charge in [0.2, 0.25) is 0 Å². The molecule has 2 aromatic rings. The molecule has 0 fully saturated rings. The maximum Gasteiger partial charge on any atom is 0.0540 e. The van der Waals surface area contributed by atoms with Crippen LogP contribution in [0.5, 0.6) is 0 Å². The Morgan fingerprint density at radius 2 is 1.00 bits per heavy atom. The molecule has 0 bridgehead atoms. The topological polar surface area (TPSA) is 60.7 Å². The van der Waals surface area contributed by atoms with Crippen LogP contribution in [0.25, 0.3) is 0 Å². The SMILES string of the molecule is OCC(CO)(CO)C(c1ccccc1)c1ccccc1. The molecular formula is C17H20O3. The van der Waals surface area contributed by atoms with Gasteiger partial charge in [0.15, 0.2) is 0 Å². The van der Waals surface area contributed by atoms with Crippen molar-refractivity contribution in [1.82, 2.24) is 0 Å². The van der Waals surface area contributed by atoms with Gasteiger partial charge in [-0.05, 0) is 11.1 Å². The molecular weight excluding hydrogens is 252 g/mol. The Labute approximate surface area is 119 Å². The van der Waals surface area contributed by atoms with Gasteiger partial charge in [0.1, 0.15) is 0 Å². The van der Waals surface area contributed by atoms with Gasteiger partial charge in [-0.25, -0.2) is 0 Å². The second-order valence-corrected chi connectivity index (χ2v) is 5.09. The Bertz CT molecular complexity index is 459. The van der Waals surface area contributed by atoms with Gasteiger partial charge in [0.25, 0.3) is 0 Å². The third-order valence-electron chi connectivity index (χ3n) is 3.82. The average Bonchev–Trinajstić information content (AvgIpc) is 2.54. The van der Waals surface area contributed by atoms with Crippen LogP contribution in [0, 0.1) is 5.41 Å². The summed E-state index contributed by atoms with van der Waals surface area (Å²) in [6.07, 6.45) is 0. The summed E-state index contributed by atoms with van der Waals surface area (Å²) in [6, 6.07) is 19.3. The van der Waals surface area contributed by atoms with E-state index in [1.165, 1.54) is 0 Å². The highest BCUT2D eigenvalue weighted by Gasteiger charge is 2.39. The lowest BCUT2D eigenvalue weighted by Crippen LogP contribution is -2.40. The van der Waals surface area contributed by atoms with E-state index in [2.05, 4.69) is 0 Å². The second kappa shape index (κ2) is 6.66. The molecule has 0 atom stereocenters. The van der Waals surface area contributed by atoms with Crippen LogP contribution in [0.4, 0.5) is 0 Å². The Morgan fingerprint density at radius 3 is 1.30 bits per heavy atom. The van der Waals surface area contributed by atoms with Crippen LogP contribution < -0.4 is 0 Å². The van der Waals surface area contributed by atoms with Crippen LogP contribution in [-0.4, -0.2) is 35.1 Å². The third kappa shape index (κ3) is 2.75. The molecule has 3 N–H and O–H groups in total. The molecule has 0 aromatic heterocycles. The fourth-order valence-electron chi connectivity index (χ4n) is 2.61. The van der Waals surface area contributed by atoms with E-state index >= 15 is 0 Å². The Kier molecular flexibility index (Phi) is 4.90. The molecule has 0 aliphatic heterocycles. The number of aliphatic hydroxyl groups excluding tert-OH is 3. The lowest BCUT2D eigenvalue weighted by Gasteiger charge is -2.37. The quantitative estimate of drug-likeness (QED) is 0.751. The van der Waals surface area contributed by atoms with Gasteiger partial charge in [0.05, 0.1) is 25.2 Å². The Balaban J connectivity index is 2.55. The van der Waals surface area contributed by atoms with E-state index in [1.54, 1.807) is 0 Å². The van der Waals surface area contributed by atoms with Crippen LogP contribution in [-0.2, 0) is 0 Å². The molecule has 2 rings (SSSR count). The highest BCUT2D eigenvalue weighted by molar-refractivity contribution is 5.35. The molecule has 106 valence electrons. The molecule has 0 radical (unpaired) electrons. The summed E-state index contributed by atoms with van der Waals surface area (Å²) < 4.78 is 0. The van der Waals surface area contributed by atoms with Crippen LogP contribution in [0.15, 0.2) is 60.7 Å². The maximum absolute atomic E-state index is 9.75. The zero-order valence-electron chi connectivity index (χ0n) is 11.3. The van der Waals surface area contributed by atoms with E-state index in [0.717, 1.165) is 11.1 Å². The van der Waals surface area contributed by atoms with Crippen molar-refractivity contribution in [1.29, 1.82) is 0 Å². The van der Waals surface area contributed by atoms with Gasteiger partial charge in [-0.1, -0.05) is 60.7 Å². The van der Waals surface area contributed by atoms with Crippen molar-refractivity contribution in [3.63, 3.8) is 0 Å². The fourth-order valence-corrected chi connectivity index (χ4v) is 2.61. The van der Waals surface area contributed by atoms with E-state index in [-0.39, 0.29) is 25.7 Å². The Hall–Kier alpha value is -1.68. The van der Waals surface area contributed by atoms with Gasteiger partial charge in [-0.15, -0.1) is 0 Å². The molecule has 0 saturated carbocycles. The van der Waals surface area contributed by atoms with Crippen LogP contribution in [0.1, 0.15) is 17.0 Å². The number of benzene rings is 2. The van der Waals surface area contributed by atoms with Crippen molar-refractivity contribution in [2.24, 2.45) is 5.41 Å². The molecule has 0 spiro atoms. The first-order valence-electron chi connectivity index (χ1n) is 6.70. The van der Waals surface area contributed by atoms with Gasteiger partial charge in [-0.3, -0.25) is 0 Å². The molecule has 0 aliphatic carbocycles. The van der Waals surface area contributed by atoms with E-state index in [0.29, 0.717) is 0 Å². The van der Waals surface area contributed by atoms with Crippen LogP contribution >= 0.6 is 0 Å². The number of hydrogen-bond acceptors (Lipinski definition) is 3. The summed E-state index contributed by atoms with van der Waals surface area (Å²) in [5.41, 5.74) is 0.953. The summed E-state index contributed by atoms with van der Waals surface area (Å²) in [4.78, 5) is 0. The highest BCUT2D eigenvalue weighted by atomic mass is 16.3. The normalized spacial score (nSPS) is 11.8. The standard InChI is InChI=1S/C17H20O3/c18-11-17(12-19,13-20)16(14-7-3-1-4-8-14)15-9-5-2-6-10-15/h1-10,16,18-20H,11-13H2. The van der Waals surface area contributed by atoms with Crippen molar-refractivity contribution in [2.75, 3.05) is 19.8 Å². The van der Waals surface area contributed by atoms with E-state index in [4.69, 9.17) is 0 Å². The molecule has 3 heteroatoms. The first-order valence-corrected chi connectivity index (χ1v) is 6.70. The predicted molar refractivity (Wildman–Crippen MR) is 78.4 cm³/mol. The summed E-state index contributed by atoms with van der Waals surface area (Å²) >= 11 is 0. The smallest absolute Gasteiger partial charge is 0.0540 e. The lowest BCUT2D eigenvalue weighted by atomic mass is 9.70. The zero-order chi connectivity index (χ0) is 14.4. The van der Waals surface area contributed by atoms with Gasteiger partial charge in [-0.2, -0.15) is 0 Å². The molecule has 0 amide bonds. The number of hydrogen-bond donors (Lipinski definition) is 3. The zero-order valence-corrected chi connectivity index (χ0v) is 11.3. The Morgan fingerprint density at radius 1 is 0.650 bits per heavy atom. The largest absolute Gasteiger partial charge is 0.396 e. The summed E-state index contributed by atoms with van der Waals surface area (Å²) in [7, 11) is 0. The first-order chi connectivity index (χ1) is 9.77. The first kappa shape index (κ1) is 14.7. The van der Waals surface area contributed by atoms with E-state index < -0.39 is 5.41 Å². The summed E-state index contributed by atoms with van der Waals surface area (Å²) in [5.74, 6) is -0.259. The number of aliphatic hydroxyl groups is 3. The van der Waals surface area contributed by atoms with Crippen molar-refractivity contribution < 1.29 is 15.3 Å². The molecule has 0 saturated heterocycles. The average molecular weight is 272 g/mol. The van der Waals surface area contributed by atoms with Crippen molar-refractivity contribution >= 4 is 0 Å². The van der Waals surface area contributed by atoms with Crippen molar-refractivity contribution in [2.45, 2.75) is 5.92 Å². The van der Waals surface area contributed by atoms with Crippen LogP contribution in [0.3, 0.4) is 0 Å². The molecule has 2 aromatic carbocycles. The van der Waals surface area contributed by atoms with Crippen LogP contribution in [0.2, 0.25) is 0 Å². The predicted octanol–water partition coefficient (Wildman–Crippen LogP) is 1.78. The number of rotatable bonds is 6. The van der Waals surface area contributed by atoms with Gasteiger partial charge in [0, 0.05) is 5.92 Å². The third-order valence-corrected chi connectivity index (χ3v) is 3.82. The van der Waals surface area contributed by atoms with Crippen molar-refractivity contribution in [3.8, 4) is 0 Å². The minimum Gasteiger partial charge on any atom is -0.396 e. The molecule has 0 unspecified atom stereocenters. The van der Waals surface area contributed by atoms with Crippen molar-refractivity contribution in [3.05, 3.63) is 71.8 Å².